The first-order valence-electron chi connectivity index (χ1n) is 9.37. The van der Waals surface area contributed by atoms with Gasteiger partial charge in [-0.1, -0.05) is 25.1 Å². The van der Waals surface area contributed by atoms with E-state index in [-0.39, 0.29) is 12.4 Å². The number of nitrogens with zero attached hydrogens (tertiary/aromatic N) is 2. The molecule has 1 heterocycles. The van der Waals surface area contributed by atoms with E-state index < -0.39 is 0 Å². The van der Waals surface area contributed by atoms with E-state index in [2.05, 4.69) is 51.9 Å². The molecule has 0 aliphatic rings. The predicted molar refractivity (Wildman–Crippen MR) is 111 cm³/mol. The van der Waals surface area contributed by atoms with Crippen LogP contribution in [0, 0.1) is 17.1 Å². The molecule has 6 heteroatoms. The number of aryl methyl sites for hydroxylation is 1. The summed E-state index contributed by atoms with van der Waals surface area (Å²) in [7, 11) is 1.68. The second-order valence-corrected chi connectivity index (χ2v) is 6.53. The summed E-state index contributed by atoms with van der Waals surface area (Å²) in [4.78, 5) is 7.56. The molecule has 0 unspecified atom stereocenters. The lowest BCUT2D eigenvalue weighted by Gasteiger charge is -2.12. The summed E-state index contributed by atoms with van der Waals surface area (Å²) in [6.07, 6.45) is 3.90. The average molecular weight is 377 g/mol. The molecule has 0 radical (unpaired) electrons. The second kappa shape index (κ2) is 9.05. The fourth-order valence-electron chi connectivity index (χ4n) is 3.27. The van der Waals surface area contributed by atoms with Gasteiger partial charge in [0.15, 0.2) is 5.96 Å². The van der Waals surface area contributed by atoms with Gasteiger partial charge in [-0.05, 0) is 42.2 Å². The SMILES string of the molecule is CCc1cccc2c(CCNC(=NC)NCc3cc(C#N)ccc3F)c[nH]c12. The van der Waals surface area contributed by atoms with Crippen molar-refractivity contribution in [2.45, 2.75) is 26.3 Å². The molecular formula is C22H24FN5. The van der Waals surface area contributed by atoms with E-state index in [1.54, 1.807) is 13.1 Å². The summed E-state index contributed by atoms with van der Waals surface area (Å²) in [6, 6.07) is 12.7. The zero-order valence-corrected chi connectivity index (χ0v) is 16.1. The van der Waals surface area contributed by atoms with Crippen LogP contribution in [0.3, 0.4) is 0 Å². The Bertz CT molecular complexity index is 1030. The number of H-pyrrole nitrogens is 1. The summed E-state index contributed by atoms with van der Waals surface area (Å²) >= 11 is 0. The van der Waals surface area contributed by atoms with Gasteiger partial charge in [-0.3, -0.25) is 4.99 Å². The number of nitriles is 1. The number of rotatable bonds is 6. The topological polar surface area (TPSA) is 76.0 Å². The van der Waals surface area contributed by atoms with E-state index in [0.29, 0.717) is 23.6 Å². The lowest BCUT2D eigenvalue weighted by Crippen LogP contribution is -2.38. The van der Waals surface area contributed by atoms with Gasteiger partial charge < -0.3 is 15.6 Å². The van der Waals surface area contributed by atoms with E-state index in [4.69, 9.17) is 5.26 Å². The molecule has 0 aliphatic carbocycles. The largest absolute Gasteiger partial charge is 0.361 e. The van der Waals surface area contributed by atoms with Crippen LogP contribution in [0.5, 0.6) is 0 Å². The molecule has 5 nitrogen and oxygen atoms in total. The molecule has 1 aromatic heterocycles. The molecule has 0 atom stereocenters. The Morgan fingerprint density at radius 3 is 2.79 bits per heavy atom. The van der Waals surface area contributed by atoms with Gasteiger partial charge in [-0.2, -0.15) is 5.26 Å². The van der Waals surface area contributed by atoms with Crippen LogP contribution in [-0.2, 0) is 19.4 Å². The van der Waals surface area contributed by atoms with Crippen molar-refractivity contribution in [2.75, 3.05) is 13.6 Å². The molecule has 28 heavy (non-hydrogen) atoms. The number of fused-ring (bicyclic) bond motifs is 1. The first kappa shape index (κ1) is 19.4. The number of para-hydroxylation sites is 1. The highest BCUT2D eigenvalue weighted by Gasteiger charge is 2.08. The molecule has 3 rings (SSSR count). The summed E-state index contributed by atoms with van der Waals surface area (Å²) in [5.41, 5.74) is 4.64. The minimum absolute atomic E-state index is 0.258. The molecule has 0 saturated carbocycles. The maximum atomic E-state index is 13.9. The van der Waals surface area contributed by atoms with Gasteiger partial charge in [-0.25, -0.2) is 4.39 Å². The first-order chi connectivity index (χ1) is 13.7. The van der Waals surface area contributed by atoms with Gasteiger partial charge in [0.2, 0.25) is 0 Å². The lowest BCUT2D eigenvalue weighted by molar-refractivity contribution is 0.604. The maximum absolute atomic E-state index is 13.9. The van der Waals surface area contributed by atoms with Crippen LogP contribution in [0.1, 0.15) is 29.2 Å². The van der Waals surface area contributed by atoms with Crippen molar-refractivity contribution < 1.29 is 4.39 Å². The molecule has 0 aliphatic heterocycles. The highest BCUT2D eigenvalue weighted by Crippen LogP contribution is 2.22. The Morgan fingerprint density at radius 2 is 2.04 bits per heavy atom. The fraction of sp³-hybridized carbons (Fsp3) is 0.273. The molecule has 0 fully saturated rings. The highest BCUT2D eigenvalue weighted by atomic mass is 19.1. The van der Waals surface area contributed by atoms with Gasteiger partial charge in [0, 0.05) is 42.8 Å². The predicted octanol–water partition coefficient (Wildman–Crippen LogP) is 3.65. The smallest absolute Gasteiger partial charge is 0.191 e. The van der Waals surface area contributed by atoms with Crippen molar-refractivity contribution in [1.82, 2.24) is 15.6 Å². The molecular weight excluding hydrogens is 353 g/mol. The monoisotopic (exact) mass is 377 g/mol. The molecule has 0 amide bonds. The first-order valence-corrected chi connectivity index (χ1v) is 9.37. The molecule has 2 aromatic carbocycles. The minimum Gasteiger partial charge on any atom is -0.361 e. The van der Waals surface area contributed by atoms with Crippen LogP contribution in [0.2, 0.25) is 0 Å². The Hall–Kier alpha value is -3.33. The summed E-state index contributed by atoms with van der Waals surface area (Å²) in [5.74, 6) is 0.253. The molecule has 3 N–H and O–H groups in total. The van der Waals surface area contributed by atoms with Crippen molar-refractivity contribution in [2.24, 2.45) is 4.99 Å². The Kier molecular flexibility index (Phi) is 6.28. The number of halogens is 1. The number of aliphatic imine (C=N–C) groups is 1. The van der Waals surface area contributed by atoms with Gasteiger partial charge in [-0.15, -0.1) is 0 Å². The van der Waals surface area contributed by atoms with Crippen LogP contribution in [0.15, 0.2) is 47.6 Å². The fourth-order valence-corrected chi connectivity index (χ4v) is 3.27. The van der Waals surface area contributed by atoms with E-state index in [1.807, 2.05) is 6.07 Å². The quantitative estimate of drug-likeness (QED) is 0.453. The highest BCUT2D eigenvalue weighted by molar-refractivity contribution is 5.86. The molecule has 0 saturated heterocycles. The van der Waals surface area contributed by atoms with Crippen LogP contribution in [0.4, 0.5) is 4.39 Å². The Balaban J connectivity index is 1.58. The van der Waals surface area contributed by atoms with Gasteiger partial charge in [0.1, 0.15) is 5.82 Å². The van der Waals surface area contributed by atoms with Crippen molar-refractivity contribution in [3.8, 4) is 6.07 Å². The van der Waals surface area contributed by atoms with Crippen molar-refractivity contribution in [3.63, 3.8) is 0 Å². The van der Waals surface area contributed by atoms with Crippen LogP contribution in [-0.4, -0.2) is 24.5 Å². The summed E-state index contributed by atoms with van der Waals surface area (Å²) in [5, 5.41) is 16.6. The van der Waals surface area contributed by atoms with Gasteiger partial charge in [0.05, 0.1) is 11.6 Å². The third-order valence-corrected chi connectivity index (χ3v) is 4.80. The summed E-state index contributed by atoms with van der Waals surface area (Å²) < 4.78 is 13.9. The van der Waals surface area contributed by atoms with E-state index >= 15 is 0 Å². The number of nitrogens with one attached hydrogen (secondary N) is 3. The number of guanidine groups is 1. The van der Waals surface area contributed by atoms with Gasteiger partial charge >= 0.3 is 0 Å². The number of hydrogen-bond donors (Lipinski definition) is 3. The minimum atomic E-state index is -0.340. The molecule has 3 aromatic rings. The van der Waals surface area contributed by atoms with E-state index in [0.717, 1.165) is 12.8 Å². The van der Waals surface area contributed by atoms with Crippen LogP contribution in [0.25, 0.3) is 10.9 Å². The van der Waals surface area contributed by atoms with Crippen molar-refractivity contribution in [3.05, 3.63) is 70.7 Å². The second-order valence-electron chi connectivity index (χ2n) is 6.53. The average Bonchev–Trinajstić information content (AvgIpc) is 3.14. The number of aromatic amines is 1. The van der Waals surface area contributed by atoms with E-state index in [9.17, 15) is 4.39 Å². The zero-order chi connectivity index (χ0) is 19.9. The zero-order valence-electron chi connectivity index (χ0n) is 16.1. The third kappa shape index (κ3) is 4.32. The Labute approximate surface area is 164 Å². The molecule has 0 bridgehead atoms. The van der Waals surface area contributed by atoms with Crippen LogP contribution < -0.4 is 10.6 Å². The summed E-state index contributed by atoms with van der Waals surface area (Å²) in [6.45, 7) is 3.11. The van der Waals surface area contributed by atoms with E-state index in [1.165, 1.54) is 34.2 Å². The van der Waals surface area contributed by atoms with Crippen LogP contribution >= 0.6 is 0 Å². The van der Waals surface area contributed by atoms with Crippen molar-refractivity contribution >= 4 is 16.9 Å². The standard InChI is InChI=1S/C22H24FN5/c1-3-16-5-4-6-19-17(13-27-21(16)19)9-10-26-22(25-2)28-14-18-11-15(12-24)7-8-20(18)23/h4-8,11,13,27H,3,9-10,14H2,1-2H3,(H2,25,26,28). The number of benzene rings is 2. The number of hydrogen-bond acceptors (Lipinski definition) is 2. The van der Waals surface area contributed by atoms with Crippen molar-refractivity contribution in [1.29, 1.82) is 5.26 Å². The lowest BCUT2D eigenvalue weighted by atomic mass is 10.1. The molecule has 0 spiro atoms. The third-order valence-electron chi connectivity index (χ3n) is 4.80. The maximum Gasteiger partial charge on any atom is 0.191 e. The molecule has 144 valence electrons. The normalized spacial score (nSPS) is 11.4. The van der Waals surface area contributed by atoms with Gasteiger partial charge in [0.25, 0.3) is 0 Å². The Morgan fingerprint density at radius 1 is 1.18 bits per heavy atom. The number of aromatic nitrogens is 1.